The Labute approximate surface area is 251 Å². The van der Waals surface area contributed by atoms with E-state index in [1.807, 2.05) is 0 Å². The topological polar surface area (TPSA) is 119 Å². The van der Waals surface area contributed by atoms with E-state index in [2.05, 4.69) is 10.6 Å². The Morgan fingerprint density at radius 2 is 1.72 bits per heavy atom. The molecule has 43 heavy (non-hydrogen) atoms. The van der Waals surface area contributed by atoms with Gasteiger partial charge in [-0.05, 0) is 51.0 Å². The van der Waals surface area contributed by atoms with Crippen molar-refractivity contribution in [3.8, 4) is 5.75 Å². The second-order valence-corrected chi connectivity index (χ2v) is 12.4. The highest BCUT2D eigenvalue weighted by molar-refractivity contribution is 8.00. The average Bonchev–Trinajstić information content (AvgIpc) is 3.30. The predicted octanol–water partition coefficient (Wildman–Crippen LogP) is 3.82. The molecule has 3 aromatic rings. The maximum Gasteiger partial charge on any atom is 0.254 e. The van der Waals surface area contributed by atoms with Crippen LogP contribution in [0, 0.1) is 24.4 Å². The molecule has 1 aliphatic heterocycles. The minimum atomic E-state index is -1.77. The maximum absolute atomic E-state index is 14.2. The van der Waals surface area contributed by atoms with E-state index in [1.165, 1.54) is 34.9 Å². The number of aliphatic hydroxyl groups is 1. The Bertz CT molecular complexity index is 1520. The van der Waals surface area contributed by atoms with Crippen LogP contribution in [0.1, 0.15) is 40.9 Å². The number of benzene rings is 3. The van der Waals surface area contributed by atoms with Crippen LogP contribution in [0.2, 0.25) is 0 Å². The van der Waals surface area contributed by atoms with Crippen molar-refractivity contribution in [2.24, 2.45) is 0 Å². The minimum absolute atomic E-state index is 0.0399. The first-order valence-corrected chi connectivity index (χ1v) is 14.5. The molecule has 4 N–H and O–H groups in total. The molecule has 0 bridgehead atoms. The smallest absolute Gasteiger partial charge is 0.254 e. The number of carbonyl (C=O) groups is 3. The lowest BCUT2D eigenvalue weighted by molar-refractivity contribution is -0.147. The number of halogens is 3. The Kier molecular flexibility index (Phi) is 9.71. The van der Waals surface area contributed by atoms with Crippen molar-refractivity contribution >= 4 is 29.5 Å². The SMILES string of the molecule is Cc1c(O)cccc1C(=O)NC(Cc1ccccc1)[C@H](O)C(=O)N1CSC(C)(C)[C@H]1C(=O)NCc1ccc(F)c(F)c1F. The summed E-state index contributed by atoms with van der Waals surface area (Å²) in [6, 6.07) is 12.9. The highest BCUT2D eigenvalue weighted by Crippen LogP contribution is 2.40. The van der Waals surface area contributed by atoms with Crippen LogP contribution >= 0.6 is 11.8 Å². The first-order chi connectivity index (χ1) is 20.3. The summed E-state index contributed by atoms with van der Waals surface area (Å²) in [5.74, 6) is -6.59. The predicted molar refractivity (Wildman–Crippen MR) is 156 cm³/mol. The second-order valence-electron chi connectivity index (χ2n) is 10.8. The van der Waals surface area contributed by atoms with Gasteiger partial charge in [-0.25, -0.2) is 13.2 Å². The van der Waals surface area contributed by atoms with Crippen molar-refractivity contribution in [1.29, 1.82) is 0 Å². The molecule has 4 rings (SSSR count). The van der Waals surface area contributed by atoms with Gasteiger partial charge in [-0.15, -0.1) is 11.8 Å². The van der Waals surface area contributed by atoms with Crippen LogP contribution in [0.15, 0.2) is 60.7 Å². The van der Waals surface area contributed by atoms with Crippen LogP contribution in [0.5, 0.6) is 5.75 Å². The zero-order chi connectivity index (χ0) is 31.5. The summed E-state index contributed by atoms with van der Waals surface area (Å²) in [6.07, 6.45) is -1.69. The van der Waals surface area contributed by atoms with Crippen molar-refractivity contribution in [1.82, 2.24) is 15.5 Å². The van der Waals surface area contributed by atoms with Gasteiger partial charge in [-0.2, -0.15) is 0 Å². The molecule has 0 saturated carbocycles. The molecule has 3 atom stereocenters. The first-order valence-electron chi connectivity index (χ1n) is 13.5. The number of hydrogen-bond donors (Lipinski definition) is 4. The quantitative estimate of drug-likeness (QED) is 0.272. The van der Waals surface area contributed by atoms with E-state index in [-0.39, 0.29) is 29.2 Å². The summed E-state index contributed by atoms with van der Waals surface area (Å²) in [5.41, 5.74) is 0.941. The van der Waals surface area contributed by atoms with Gasteiger partial charge in [0.2, 0.25) is 5.91 Å². The highest BCUT2D eigenvalue weighted by atomic mass is 32.2. The molecular weight excluding hydrogens is 583 g/mol. The number of phenolic OH excluding ortho intramolecular Hbond substituents is 1. The minimum Gasteiger partial charge on any atom is -0.508 e. The van der Waals surface area contributed by atoms with Crippen LogP contribution in [-0.4, -0.2) is 61.6 Å². The molecule has 0 radical (unpaired) electrons. The number of thioether (sulfide) groups is 1. The third-order valence-electron chi connectivity index (χ3n) is 7.44. The van der Waals surface area contributed by atoms with Crippen molar-refractivity contribution in [3.63, 3.8) is 0 Å². The molecule has 1 unspecified atom stereocenters. The van der Waals surface area contributed by atoms with E-state index in [4.69, 9.17) is 0 Å². The van der Waals surface area contributed by atoms with Crippen molar-refractivity contribution < 1.29 is 37.8 Å². The van der Waals surface area contributed by atoms with Gasteiger partial charge in [0, 0.05) is 28.0 Å². The number of nitrogens with zero attached hydrogens (tertiary/aromatic N) is 1. The van der Waals surface area contributed by atoms with E-state index in [9.17, 15) is 37.8 Å². The van der Waals surface area contributed by atoms with Gasteiger partial charge in [-0.1, -0.05) is 42.5 Å². The van der Waals surface area contributed by atoms with E-state index in [0.29, 0.717) is 5.56 Å². The summed E-state index contributed by atoms with van der Waals surface area (Å²) >= 11 is 1.28. The standard InChI is InChI=1S/C31H32F3N3O5S/c1-17-20(10-7-11-23(17)38)28(40)36-22(14-18-8-5-4-6-9-18)26(39)30(42)37-16-43-31(2,3)27(37)29(41)35-15-19-12-13-21(32)25(34)24(19)33/h4-13,22,26-27,38-39H,14-16H2,1-3H3,(H,35,41)(H,36,40)/t22?,26-,27+/m0/s1. The molecule has 1 fully saturated rings. The van der Waals surface area contributed by atoms with Crippen LogP contribution in [0.3, 0.4) is 0 Å². The van der Waals surface area contributed by atoms with Crippen LogP contribution in [-0.2, 0) is 22.6 Å². The molecule has 228 valence electrons. The number of amides is 3. The van der Waals surface area contributed by atoms with E-state index in [0.717, 1.165) is 17.7 Å². The normalized spacial score (nSPS) is 17.3. The van der Waals surface area contributed by atoms with Gasteiger partial charge in [0.15, 0.2) is 23.6 Å². The number of hydrogen-bond acceptors (Lipinski definition) is 6. The third kappa shape index (κ3) is 6.97. The summed E-state index contributed by atoms with van der Waals surface area (Å²) in [5, 5.41) is 26.6. The molecule has 1 heterocycles. The number of carbonyl (C=O) groups excluding carboxylic acids is 3. The Hall–Kier alpha value is -4.03. The molecular formula is C31H32F3N3O5S. The van der Waals surface area contributed by atoms with Gasteiger partial charge < -0.3 is 25.7 Å². The van der Waals surface area contributed by atoms with Gasteiger partial charge in [0.25, 0.3) is 11.8 Å². The van der Waals surface area contributed by atoms with E-state index >= 15 is 0 Å². The fourth-order valence-corrected chi connectivity index (χ4v) is 6.10. The van der Waals surface area contributed by atoms with E-state index in [1.54, 1.807) is 51.1 Å². The van der Waals surface area contributed by atoms with Crippen LogP contribution in [0.4, 0.5) is 13.2 Å². The van der Waals surface area contributed by atoms with Crippen molar-refractivity contribution in [3.05, 3.63) is 100 Å². The molecule has 12 heteroatoms. The molecule has 0 spiro atoms. The number of phenols is 1. The van der Waals surface area contributed by atoms with Crippen LogP contribution < -0.4 is 10.6 Å². The lowest BCUT2D eigenvalue weighted by Crippen LogP contribution is -2.58. The molecule has 0 aliphatic carbocycles. The molecule has 3 aromatic carbocycles. The average molecular weight is 616 g/mol. The molecule has 1 aliphatic rings. The monoisotopic (exact) mass is 615 g/mol. The van der Waals surface area contributed by atoms with Gasteiger partial charge >= 0.3 is 0 Å². The van der Waals surface area contributed by atoms with Gasteiger partial charge in [-0.3, -0.25) is 14.4 Å². The van der Waals surface area contributed by atoms with Gasteiger partial charge in [0.1, 0.15) is 11.8 Å². The Morgan fingerprint density at radius 3 is 2.42 bits per heavy atom. The summed E-state index contributed by atoms with van der Waals surface area (Å²) < 4.78 is 40.4. The summed E-state index contributed by atoms with van der Waals surface area (Å²) in [6.45, 7) is 4.57. The van der Waals surface area contributed by atoms with Gasteiger partial charge in [0.05, 0.1) is 11.9 Å². The number of rotatable bonds is 9. The lowest BCUT2D eigenvalue weighted by Gasteiger charge is -2.33. The number of aromatic hydroxyl groups is 1. The summed E-state index contributed by atoms with van der Waals surface area (Å²) in [4.78, 5) is 41.5. The largest absolute Gasteiger partial charge is 0.508 e. The second kappa shape index (κ2) is 13.1. The number of aliphatic hydroxyl groups excluding tert-OH is 1. The fourth-order valence-electron chi connectivity index (χ4n) is 4.96. The van der Waals surface area contributed by atoms with Crippen molar-refractivity contribution in [2.75, 3.05) is 5.88 Å². The molecule has 8 nitrogen and oxygen atoms in total. The lowest BCUT2D eigenvalue weighted by atomic mass is 9.96. The Morgan fingerprint density at radius 1 is 1.02 bits per heavy atom. The van der Waals surface area contributed by atoms with Crippen LogP contribution in [0.25, 0.3) is 0 Å². The fraction of sp³-hybridized carbons (Fsp3) is 0.323. The highest BCUT2D eigenvalue weighted by Gasteiger charge is 2.49. The third-order valence-corrected chi connectivity index (χ3v) is 8.82. The number of nitrogens with one attached hydrogen (secondary N) is 2. The van der Waals surface area contributed by atoms with Crippen molar-refractivity contribution in [2.45, 2.75) is 56.7 Å². The summed E-state index contributed by atoms with van der Waals surface area (Å²) in [7, 11) is 0. The molecule has 1 saturated heterocycles. The maximum atomic E-state index is 14.2. The zero-order valence-corrected chi connectivity index (χ0v) is 24.6. The zero-order valence-electron chi connectivity index (χ0n) is 23.7. The van der Waals surface area contributed by atoms with E-state index < -0.39 is 64.7 Å². The molecule has 0 aromatic heterocycles. The Balaban J connectivity index is 1.56. The first kappa shape index (κ1) is 31.9. The molecule has 3 amide bonds.